The zero-order valence-electron chi connectivity index (χ0n) is 18.8. The van der Waals surface area contributed by atoms with Gasteiger partial charge in [0.15, 0.2) is 18.1 Å². The summed E-state index contributed by atoms with van der Waals surface area (Å²) in [6.45, 7) is 3.77. The molecule has 0 aliphatic heterocycles. The fourth-order valence-electron chi connectivity index (χ4n) is 3.28. The minimum Gasteiger partial charge on any atom is -0.493 e. The molecular weight excluding hydrogens is 402 g/mol. The second-order valence-electron chi connectivity index (χ2n) is 7.53. The van der Waals surface area contributed by atoms with Gasteiger partial charge in [0.2, 0.25) is 0 Å². The van der Waals surface area contributed by atoms with Crippen LogP contribution in [0.5, 0.6) is 17.2 Å². The van der Waals surface area contributed by atoms with Crippen LogP contribution in [0.15, 0.2) is 78.9 Å². The summed E-state index contributed by atoms with van der Waals surface area (Å²) in [5.74, 6) is 1.99. The first-order chi connectivity index (χ1) is 15.7. The fraction of sp³-hybridized carbons (Fsp3) is 0.296. The predicted octanol–water partition coefficient (Wildman–Crippen LogP) is 5.48. The lowest BCUT2D eigenvalue weighted by Crippen LogP contribution is -2.35. The van der Waals surface area contributed by atoms with E-state index < -0.39 is 0 Å². The molecule has 5 nitrogen and oxygen atoms in total. The number of carbonyl (C=O) groups is 1. The van der Waals surface area contributed by atoms with Crippen LogP contribution in [0.1, 0.15) is 30.9 Å². The SMILES string of the molecule is CCCCN(Cc1ccc(OCc2ccccc2)c(OC)c1)C(=O)COc1ccccc1. The van der Waals surface area contributed by atoms with Gasteiger partial charge in [-0.25, -0.2) is 0 Å². The van der Waals surface area contributed by atoms with Gasteiger partial charge in [-0.15, -0.1) is 0 Å². The third kappa shape index (κ3) is 7.05. The van der Waals surface area contributed by atoms with Crippen LogP contribution in [-0.4, -0.2) is 31.1 Å². The highest BCUT2D eigenvalue weighted by Crippen LogP contribution is 2.29. The first-order valence-electron chi connectivity index (χ1n) is 11.0. The molecule has 0 N–H and O–H groups in total. The molecule has 0 saturated carbocycles. The maximum absolute atomic E-state index is 12.9. The van der Waals surface area contributed by atoms with Gasteiger partial charge in [-0.2, -0.15) is 0 Å². The number of amides is 1. The molecule has 0 heterocycles. The van der Waals surface area contributed by atoms with E-state index in [1.54, 1.807) is 7.11 Å². The molecular formula is C27H31NO4. The number of hydrogen-bond acceptors (Lipinski definition) is 4. The number of nitrogens with zero attached hydrogens (tertiary/aromatic N) is 1. The minimum atomic E-state index is -0.0364. The minimum absolute atomic E-state index is 0.0170. The number of carbonyl (C=O) groups excluding carboxylic acids is 1. The molecule has 5 heteroatoms. The van der Waals surface area contributed by atoms with Crippen LogP contribution in [0, 0.1) is 0 Å². The fourth-order valence-corrected chi connectivity index (χ4v) is 3.28. The molecule has 32 heavy (non-hydrogen) atoms. The van der Waals surface area contributed by atoms with E-state index in [4.69, 9.17) is 14.2 Å². The van der Waals surface area contributed by atoms with E-state index in [1.165, 1.54) is 0 Å². The Morgan fingerprint density at radius 3 is 2.25 bits per heavy atom. The van der Waals surface area contributed by atoms with Crippen LogP contribution >= 0.6 is 0 Å². The number of benzene rings is 3. The Labute approximate surface area is 190 Å². The van der Waals surface area contributed by atoms with E-state index >= 15 is 0 Å². The normalized spacial score (nSPS) is 10.4. The topological polar surface area (TPSA) is 48.0 Å². The lowest BCUT2D eigenvalue weighted by molar-refractivity contribution is -0.134. The lowest BCUT2D eigenvalue weighted by Gasteiger charge is -2.23. The van der Waals surface area contributed by atoms with Crippen molar-refractivity contribution >= 4 is 5.91 Å². The Morgan fingerprint density at radius 1 is 0.844 bits per heavy atom. The lowest BCUT2D eigenvalue weighted by atomic mass is 10.1. The summed E-state index contributed by atoms with van der Waals surface area (Å²) in [5, 5.41) is 0. The maximum Gasteiger partial charge on any atom is 0.260 e. The Hall–Kier alpha value is -3.47. The molecule has 0 fully saturated rings. The Morgan fingerprint density at radius 2 is 1.56 bits per heavy atom. The molecule has 168 valence electrons. The molecule has 3 aromatic carbocycles. The van der Waals surface area contributed by atoms with Crippen molar-refractivity contribution in [3.8, 4) is 17.2 Å². The Balaban J connectivity index is 1.64. The van der Waals surface area contributed by atoms with Gasteiger partial charge in [-0.05, 0) is 41.8 Å². The highest BCUT2D eigenvalue weighted by atomic mass is 16.5. The van der Waals surface area contributed by atoms with Crippen LogP contribution in [0.2, 0.25) is 0 Å². The Kier molecular flexibility index (Phi) is 8.99. The summed E-state index contributed by atoms with van der Waals surface area (Å²) in [6, 6.07) is 25.2. The zero-order valence-corrected chi connectivity index (χ0v) is 18.8. The van der Waals surface area contributed by atoms with Gasteiger partial charge in [0.1, 0.15) is 12.4 Å². The molecule has 0 atom stereocenters. The molecule has 1 amide bonds. The van der Waals surface area contributed by atoms with Crippen LogP contribution in [0.3, 0.4) is 0 Å². The first kappa shape index (κ1) is 23.2. The van der Waals surface area contributed by atoms with Gasteiger partial charge >= 0.3 is 0 Å². The highest BCUT2D eigenvalue weighted by molar-refractivity contribution is 5.77. The quantitative estimate of drug-likeness (QED) is 0.379. The van der Waals surface area contributed by atoms with Crippen molar-refractivity contribution in [3.63, 3.8) is 0 Å². The van der Waals surface area contributed by atoms with E-state index in [2.05, 4.69) is 6.92 Å². The molecule has 0 aromatic heterocycles. The monoisotopic (exact) mass is 433 g/mol. The number of hydrogen-bond donors (Lipinski definition) is 0. The van der Waals surface area contributed by atoms with E-state index in [0.29, 0.717) is 36.9 Å². The van der Waals surface area contributed by atoms with Gasteiger partial charge in [0.25, 0.3) is 5.91 Å². The molecule has 3 aromatic rings. The van der Waals surface area contributed by atoms with Crippen LogP contribution in [0.25, 0.3) is 0 Å². The van der Waals surface area contributed by atoms with Crippen LogP contribution in [-0.2, 0) is 17.9 Å². The molecule has 0 spiro atoms. The van der Waals surface area contributed by atoms with Crippen molar-refractivity contribution in [2.75, 3.05) is 20.3 Å². The van der Waals surface area contributed by atoms with Crippen LogP contribution < -0.4 is 14.2 Å². The smallest absolute Gasteiger partial charge is 0.260 e. The molecule has 0 unspecified atom stereocenters. The standard InChI is InChI=1S/C27H31NO4/c1-3-4-17-28(27(29)21-31-24-13-9-6-10-14-24)19-23-15-16-25(26(18-23)30-2)32-20-22-11-7-5-8-12-22/h5-16,18H,3-4,17,19-21H2,1-2H3. The van der Waals surface area contributed by atoms with Crippen LogP contribution in [0.4, 0.5) is 0 Å². The molecule has 0 aliphatic carbocycles. The summed E-state index contributed by atoms with van der Waals surface area (Å²) < 4.78 is 17.2. The summed E-state index contributed by atoms with van der Waals surface area (Å²) in [5.41, 5.74) is 2.08. The van der Waals surface area contributed by atoms with Crippen molar-refractivity contribution in [1.29, 1.82) is 0 Å². The summed E-state index contributed by atoms with van der Waals surface area (Å²) in [4.78, 5) is 14.7. The maximum atomic E-state index is 12.9. The number of unbranched alkanes of at least 4 members (excludes halogenated alkanes) is 1. The summed E-state index contributed by atoms with van der Waals surface area (Å²) >= 11 is 0. The summed E-state index contributed by atoms with van der Waals surface area (Å²) in [7, 11) is 1.63. The third-order valence-corrected chi connectivity index (χ3v) is 5.08. The van der Waals surface area contributed by atoms with Crippen molar-refractivity contribution in [2.24, 2.45) is 0 Å². The molecule has 0 radical (unpaired) electrons. The number of rotatable bonds is 12. The van der Waals surface area contributed by atoms with E-state index in [0.717, 1.165) is 24.0 Å². The number of ether oxygens (including phenoxy) is 3. The van der Waals surface area contributed by atoms with Crippen molar-refractivity contribution in [3.05, 3.63) is 90.0 Å². The number of para-hydroxylation sites is 1. The highest BCUT2D eigenvalue weighted by Gasteiger charge is 2.16. The van der Waals surface area contributed by atoms with Gasteiger partial charge in [0, 0.05) is 13.1 Å². The average molecular weight is 434 g/mol. The van der Waals surface area contributed by atoms with E-state index in [1.807, 2.05) is 83.8 Å². The van der Waals surface area contributed by atoms with Crippen molar-refractivity contribution in [1.82, 2.24) is 4.90 Å². The average Bonchev–Trinajstić information content (AvgIpc) is 2.85. The number of methoxy groups -OCH3 is 1. The van der Waals surface area contributed by atoms with E-state index in [-0.39, 0.29) is 12.5 Å². The largest absolute Gasteiger partial charge is 0.493 e. The second kappa shape index (κ2) is 12.4. The Bertz CT molecular complexity index is 960. The molecule has 0 aliphatic rings. The second-order valence-corrected chi connectivity index (χ2v) is 7.53. The van der Waals surface area contributed by atoms with E-state index in [9.17, 15) is 4.79 Å². The summed E-state index contributed by atoms with van der Waals surface area (Å²) in [6.07, 6.45) is 1.95. The molecule has 0 bridgehead atoms. The van der Waals surface area contributed by atoms with Gasteiger partial charge in [0.05, 0.1) is 7.11 Å². The predicted molar refractivity (Wildman–Crippen MR) is 126 cm³/mol. The third-order valence-electron chi connectivity index (χ3n) is 5.08. The van der Waals surface area contributed by atoms with Gasteiger partial charge in [-0.3, -0.25) is 4.79 Å². The van der Waals surface area contributed by atoms with Crippen molar-refractivity contribution in [2.45, 2.75) is 32.9 Å². The molecule has 0 saturated heterocycles. The molecule has 3 rings (SSSR count). The van der Waals surface area contributed by atoms with Gasteiger partial charge in [-0.1, -0.05) is 67.9 Å². The van der Waals surface area contributed by atoms with Crippen molar-refractivity contribution < 1.29 is 19.0 Å². The van der Waals surface area contributed by atoms with Gasteiger partial charge < -0.3 is 19.1 Å². The first-order valence-corrected chi connectivity index (χ1v) is 11.0. The zero-order chi connectivity index (χ0) is 22.6.